The van der Waals surface area contributed by atoms with E-state index in [2.05, 4.69) is 241 Å². The van der Waals surface area contributed by atoms with Gasteiger partial charge in [-0.25, -0.2) is 15.0 Å². The third kappa shape index (κ3) is 8.73. The summed E-state index contributed by atoms with van der Waals surface area (Å²) in [5, 5.41) is 2.47. The van der Waals surface area contributed by atoms with Crippen LogP contribution < -0.4 is 0 Å². The molecule has 0 saturated heterocycles. The molecule has 0 aliphatic heterocycles. The molecule has 0 amide bonds. The first-order valence-corrected chi connectivity index (χ1v) is 25.5. The van der Waals surface area contributed by atoms with Crippen LogP contribution in [0.5, 0.6) is 0 Å². The number of hydrogen-bond acceptors (Lipinski definition) is 3. The van der Waals surface area contributed by atoms with Crippen molar-refractivity contribution in [1.82, 2.24) is 19.5 Å². The van der Waals surface area contributed by atoms with Crippen LogP contribution >= 0.6 is 0 Å². The molecule has 0 radical (unpaired) electrons. The van der Waals surface area contributed by atoms with E-state index in [1.807, 2.05) is 36.4 Å². The van der Waals surface area contributed by atoms with E-state index in [1.54, 1.807) is 0 Å². The van der Waals surface area contributed by atoms with Gasteiger partial charge in [0.25, 0.3) is 0 Å². The van der Waals surface area contributed by atoms with Crippen LogP contribution in [0.4, 0.5) is 0 Å². The smallest absolute Gasteiger partial charge is 0.164 e. The summed E-state index contributed by atoms with van der Waals surface area (Å²) in [5.74, 6) is 1.92. The summed E-state index contributed by atoms with van der Waals surface area (Å²) >= 11 is 0. The third-order valence-corrected chi connectivity index (χ3v) is 14.6. The number of nitrogens with zero attached hydrogens (tertiary/aromatic N) is 4. The molecule has 0 N–H and O–H groups in total. The summed E-state index contributed by atoms with van der Waals surface area (Å²) in [6.07, 6.45) is 3.07. The van der Waals surface area contributed by atoms with Gasteiger partial charge >= 0.3 is 0 Å². The molecule has 0 spiro atoms. The second-order valence-electron chi connectivity index (χ2n) is 19.1. The van der Waals surface area contributed by atoms with Gasteiger partial charge in [-0.2, -0.15) is 0 Å². The molecule has 4 nitrogen and oxygen atoms in total. The zero-order valence-corrected chi connectivity index (χ0v) is 40.8. The average molecular weight is 947 g/mol. The lowest BCUT2D eigenvalue weighted by molar-refractivity contribution is 0.714. The molecule has 10 aromatic carbocycles. The Hall–Kier alpha value is -9.51. The first-order chi connectivity index (χ1) is 36.7. The Labute approximate surface area is 432 Å². The molecule has 2 aromatic heterocycles. The zero-order chi connectivity index (χ0) is 49.2. The summed E-state index contributed by atoms with van der Waals surface area (Å²) in [7, 11) is 0. The Kier molecular flexibility index (Phi) is 11.8. The maximum atomic E-state index is 5.36. The quantitative estimate of drug-likeness (QED) is 0.130. The van der Waals surface area contributed by atoms with Gasteiger partial charge in [-0.05, 0) is 97.0 Å². The molecule has 0 fully saturated rings. The van der Waals surface area contributed by atoms with Gasteiger partial charge in [-0.15, -0.1) is 0 Å². The molecule has 12 aromatic rings. The predicted molar refractivity (Wildman–Crippen MR) is 307 cm³/mol. The highest BCUT2D eigenvalue weighted by atomic mass is 15.0. The number of hydrogen-bond donors (Lipinski definition) is 0. The Morgan fingerprint density at radius 2 is 0.662 bits per heavy atom. The highest BCUT2D eigenvalue weighted by Crippen LogP contribution is 2.47. The fourth-order valence-corrected chi connectivity index (χ4v) is 10.8. The van der Waals surface area contributed by atoms with Crippen molar-refractivity contribution in [3.63, 3.8) is 0 Å². The van der Waals surface area contributed by atoms with E-state index in [0.717, 1.165) is 22.3 Å². The second-order valence-corrected chi connectivity index (χ2v) is 19.1. The maximum absolute atomic E-state index is 5.36. The molecule has 13 rings (SSSR count). The summed E-state index contributed by atoms with van der Waals surface area (Å²) in [4.78, 5) is 15.8. The average Bonchev–Trinajstić information content (AvgIpc) is 3.80. The Morgan fingerprint density at radius 3 is 1.09 bits per heavy atom. The molecular formula is C70H50N4. The van der Waals surface area contributed by atoms with E-state index < -0.39 is 0 Å². The van der Waals surface area contributed by atoms with Crippen molar-refractivity contribution < 1.29 is 0 Å². The maximum Gasteiger partial charge on any atom is 0.164 e. The number of aromatic nitrogens is 4. The van der Waals surface area contributed by atoms with Crippen molar-refractivity contribution in [2.45, 2.75) is 18.9 Å². The topological polar surface area (TPSA) is 43.6 Å². The van der Waals surface area contributed by atoms with Crippen molar-refractivity contribution in [2.24, 2.45) is 0 Å². The monoisotopic (exact) mass is 946 g/mol. The minimum atomic E-state index is -0.0529. The van der Waals surface area contributed by atoms with E-state index in [-0.39, 0.29) is 5.92 Å². The van der Waals surface area contributed by atoms with Gasteiger partial charge in [0, 0.05) is 34.4 Å². The first-order valence-electron chi connectivity index (χ1n) is 25.5. The van der Waals surface area contributed by atoms with Gasteiger partial charge in [-0.3, -0.25) is 0 Å². The largest absolute Gasteiger partial charge is 0.336 e. The van der Waals surface area contributed by atoms with Crippen molar-refractivity contribution in [2.75, 3.05) is 0 Å². The number of fused-ring (bicyclic) bond motifs is 3. The first kappa shape index (κ1) is 44.4. The summed E-state index contributed by atoms with van der Waals surface area (Å²) in [6.45, 7) is 0.642. The highest BCUT2D eigenvalue weighted by Gasteiger charge is 2.30. The van der Waals surface area contributed by atoms with Crippen molar-refractivity contribution >= 4 is 33.0 Å². The molecule has 2 heterocycles. The lowest BCUT2D eigenvalue weighted by Gasteiger charge is -2.30. The molecule has 1 aliphatic carbocycles. The van der Waals surface area contributed by atoms with Gasteiger partial charge < -0.3 is 4.57 Å². The summed E-state index contributed by atoms with van der Waals surface area (Å²) < 4.78 is 2.59. The van der Waals surface area contributed by atoms with Gasteiger partial charge in [0.2, 0.25) is 0 Å². The van der Waals surface area contributed by atoms with Gasteiger partial charge in [0.15, 0.2) is 17.5 Å². The Balaban J connectivity index is 1.07. The molecule has 4 heteroatoms. The zero-order valence-electron chi connectivity index (χ0n) is 40.8. The molecule has 350 valence electrons. The van der Waals surface area contributed by atoms with Crippen LogP contribution in [0.2, 0.25) is 0 Å². The molecule has 0 saturated carbocycles. The molecule has 0 unspecified atom stereocenters. The Bertz CT molecular complexity index is 3840. The molecule has 0 bridgehead atoms. The minimum Gasteiger partial charge on any atom is -0.336 e. The highest BCUT2D eigenvalue weighted by molar-refractivity contribution is 6.10. The second kappa shape index (κ2) is 19.6. The van der Waals surface area contributed by atoms with Crippen molar-refractivity contribution in [1.29, 1.82) is 0 Å². The fourth-order valence-electron chi connectivity index (χ4n) is 10.8. The van der Waals surface area contributed by atoms with Crippen LogP contribution in [-0.2, 0) is 6.54 Å². The normalized spacial score (nSPS) is 13.6. The van der Waals surface area contributed by atoms with Gasteiger partial charge in [0.1, 0.15) is 0 Å². The van der Waals surface area contributed by atoms with Crippen LogP contribution in [0.3, 0.4) is 0 Å². The minimum absolute atomic E-state index is 0.0529. The molecular weight excluding hydrogens is 897 g/mol. The summed E-state index contributed by atoms with van der Waals surface area (Å²) in [5.41, 5.74) is 19.7. The standard InChI is InChI=1S/C70H50N4/c1-7-19-48(20-8-1)52-31-35-54(36-32-52)63-43-60(70-72-68(56-27-15-5-16-28-56)71-69(73-70)57-29-17-6-18-30-57)44-64(55-37-33-53(34-38-55)49-21-9-2-10-22-49)65(63)47-74-66-45-58(50-23-11-3-12-24-50)39-41-61(66)62-42-40-59(46-67(62)74)51-25-13-4-14-26-51/h1-43,45-46,64H,44,47H2/t64-/m1/s1. The van der Waals surface area contributed by atoms with Crippen LogP contribution in [-0.4, -0.2) is 19.5 Å². The predicted octanol–water partition coefficient (Wildman–Crippen LogP) is 17.7. The van der Waals surface area contributed by atoms with Gasteiger partial charge in [0.05, 0.1) is 11.0 Å². The van der Waals surface area contributed by atoms with E-state index in [0.29, 0.717) is 30.4 Å². The lowest BCUT2D eigenvalue weighted by atomic mass is 9.76. The fraction of sp³-hybridized carbons (Fsp3) is 0.0429. The van der Waals surface area contributed by atoms with Crippen LogP contribution in [0, 0.1) is 0 Å². The van der Waals surface area contributed by atoms with Crippen molar-refractivity contribution in [3.05, 3.63) is 296 Å². The van der Waals surface area contributed by atoms with Crippen LogP contribution in [0.25, 0.3) is 100 Å². The number of benzene rings is 10. The summed E-state index contributed by atoms with van der Waals surface area (Å²) in [6, 6.07) is 95.8. The number of rotatable bonds is 11. The van der Waals surface area contributed by atoms with Crippen molar-refractivity contribution in [3.8, 4) is 67.3 Å². The van der Waals surface area contributed by atoms with Crippen LogP contribution in [0.15, 0.2) is 279 Å². The van der Waals surface area contributed by atoms with E-state index >= 15 is 0 Å². The number of allylic oxidation sites excluding steroid dienone is 4. The SMILES string of the molecule is C1=C(c2nc(-c3ccccc3)nc(-c3ccccc3)n2)C[C@H](c2ccc(-c3ccccc3)cc2)C(Cn2c3cc(-c4ccccc4)ccc3c3ccc(-c4ccccc4)cc32)=C1c1ccc(-c2ccccc2)cc1. The van der Waals surface area contributed by atoms with Crippen LogP contribution in [0.1, 0.15) is 29.3 Å². The molecule has 1 aliphatic rings. The van der Waals surface area contributed by atoms with E-state index in [4.69, 9.17) is 15.0 Å². The third-order valence-electron chi connectivity index (χ3n) is 14.6. The van der Waals surface area contributed by atoms with E-state index in [1.165, 1.54) is 83.0 Å². The molecule has 1 atom stereocenters. The van der Waals surface area contributed by atoms with E-state index in [9.17, 15) is 0 Å². The van der Waals surface area contributed by atoms with Gasteiger partial charge in [-0.1, -0.05) is 255 Å². The Morgan fingerprint density at radius 1 is 0.324 bits per heavy atom. The molecule has 74 heavy (non-hydrogen) atoms. The lowest BCUT2D eigenvalue weighted by Crippen LogP contribution is -2.17.